The van der Waals surface area contributed by atoms with E-state index in [1.165, 1.54) is 16.7 Å². The monoisotopic (exact) mass is 296 g/mol. The predicted molar refractivity (Wildman–Crippen MR) is 80.4 cm³/mol. The quantitative estimate of drug-likeness (QED) is 0.693. The van der Waals surface area contributed by atoms with Gasteiger partial charge in [-0.05, 0) is 39.2 Å². The number of halogens is 1. The van der Waals surface area contributed by atoms with Crippen molar-refractivity contribution in [1.82, 2.24) is 20.2 Å². The second kappa shape index (κ2) is 4.97. The van der Waals surface area contributed by atoms with Crippen LogP contribution in [0.4, 0.5) is 0 Å². The highest BCUT2D eigenvalue weighted by atomic mass is 35.5. The van der Waals surface area contributed by atoms with Crippen molar-refractivity contribution in [3.63, 3.8) is 0 Å². The molecule has 1 aliphatic heterocycles. The molecule has 21 heavy (non-hydrogen) atoms. The summed E-state index contributed by atoms with van der Waals surface area (Å²) in [6.45, 7) is 0.751. The molecule has 0 N–H and O–H groups in total. The second-order valence-corrected chi connectivity index (χ2v) is 5.69. The molecule has 0 fully saturated rings. The van der Waals surface area contributed by atoms with E-state index in [-0.39, 0.29) is 5.92 Å². The first-order chi connectivity index (χ1) is 10.3. The van der Waals surface area contributed by atoms with Gasteiger partial charge in [0.2, 0.25) is 0 Å². The minimum atomic E-state index is 0.239. The van der Waals surface area contributed by atoms with Crippen LogP contribution < -0.4 is 0 Å². The molecule has 0 amide bonds. The van der Waals surface area contributed by atoms with Gasteiger partial charge < -0.3 is 0 Å². The van der Waals surface area contributed by atoms with Crippen molar-refractivity contribution in [3.05, 3.63) is 76.1 Å². The fourth-order valence-electron chi connectivity index (χ4n) is 2.95. The molecule has 4 nitrogen and oxygen atoms in total. The lowest BCUT2D eigenvalue weighted by Gasteiger charge is -2.18. The van der Waals surface area contributed by atoms with Crippen molar-refractivity contribution in [2.75, 3.05) is 0 Å². The number of tetrazole rings is 1. The highest BCUT2D eigenvalue weighted by molar-refractivity contribution is 6.30. The number of benzene rings is 2. The topological polar surface area (TPSA) is 43.6 Å². The molecular weight excluding hydrogens is 284 g/mol. The summed E-state index contributed by atoms with van der Waals surface area (Å²) in [4.78, 5) is 0. The molecule has 0 saturated heterocycles. The zero-order valence-corrected chi connectivity index (χ0v) is 12.0. The van der Waals surface area contributed by atoms with E-state index in [1.807, 2.05) is 16.8 Å². The normalized spacial score (nSPS) is 16.9. The van der Waals surface area contributed by atoms with E-state index in [9.17, 15) is 0 Å². The zero-order chi connectivity index (χ0) is 14.2. The van der Waals surface area contributed by atoms with Crippen LogP contribution in [0.3, 0.4) is 0 Å². The Morgan fingerprint density at radius 1 is 1.05 bits per heavy atom. The fourth-order valence-corrected chi connectivity index (χ4v) is 3.07. The SMILES string of the molecule is Clc1ccc(C2Cn3nnnc3Cc3ccccc32)cc1. The minimum absolute atomic E-state index is 0.239. The Hall–Kier alpha value is -2.20. The van der Waals surface area contributed by atoms with Crippen molar-refractivity contribution in [3.8, 4) is 0 Å². The van der Waals surface area contributed by atoms with E-state index in [4.69, 9.17) is 11.6 Å². The lowest BCUT2D eigenvalue weighted by Crippen LogP contribution is -2.11. The molecule has 1 aliphatic rings. The van der Waals surface area contributed by atoms with Gasteiger partial charge in [-0.3, -0.25) is 0 Å². The van der Waals surface area contributed by atoms with E-state index in [1.54, 1.807) is 0 Å². The van der Waals surface area contributed by atoms with E-state index in [2.05, 4.69) is 51.9 Å². The highest BCUT2D eigenvalue weighted by Crippen LogP contribution is 2.33. The van der Waals surface area contributed by atoms with E-state index < -0.39 is 0 Å². The highest BCUT2D eigenvalue weighted by Gasteiger charge is 2.24. The first kappa shape index (κ1) is 12.5. The standard InChI is InChI=1S/C16H13ClN4/c17-13-7-5-11(6-8-13)15-10-21-16(18-19-20-21)9-12-3-1-2-4-14(12)15/h1-8,15H,9-10H2. The lowest BCUT2D eigenvalue weighted by atomic mass is 9.88. The maximum absolute atomic E-state index is 6.01. The Kier molecular flexibility index (Phi) is 2.97. The van der Waals surface area contributed by atoms with Crippen molar-refractivity contribution in [2.45, 2.75) is 18.9 Å². The molecule has 0 aliphatic carbocycles. The number of nitrogens with zero attached hydrogens (tertiary/aromatic N) is 4. The van der Waals surface area contributed by atoms with Gasteiger partial charge in [0.15, 0.2) is 5.82 Å². The van der Waals surface area contributed by atoms with Crippen molar-refractivity contribution >= 4 is 11.6 Å². The summed E-state index contributed by atoms with van der Waals surface area (Å²) in [5, 5.41) is 12.8. The van der Waals surface area contributed by atoms with Crippen molar-refractivity contribution < 1.29 is 0 Å². The minimum Gasteiger partial charge on any atom is -0.228 e. The van der Waals surface area contributed by atoms with Gasteiger partial charge in [0.05, 0.1) is 6.54 Å². The molecule has 0 radical (unpaired) electrons. The number of aromatic nitrogens is 4. The third-order valence-corrected chi connectivity index (χ3v) is 4.27. The van der Waals surface area contributed by atoms with Gasteiger partial charge in [-0.25, -0.2) is 4.68 Å². The smallest absolute Gasteiger partial charge is 0.155 e. The van der Waals surface area contributed by atoms with Crippen molar-refractivity contribution in [1.29, 1.82) is 0 Å². The largest absolute Gasteiger partial charge is 0.228 e. The molecule has 104 valence electrons. The molecule has 1 aromatic heterocycles. The molecule has 1 unspecified atom stereocenters. The summed E-state index contributed by atoms with van der Waals surface area (Å²) in [5.74, 6) is 1.15. The van der Waals surface area contributed by atoms with Crippen LogP contribution in [-0.4, -0.2) is 20.2 Å². The van der Waals surface area contributed by atoms with E-state index in [0.29, 0.717) is 0 Å². The average molecular weight is 297 g/mol. The Balaban J connectivity index is 1.87. The van der Waals surface area contributed by atoms with Gasteiger partial charge in [0.25, 0.3) is 0 Å². The van der Waals surface area contributed by atoms with Gasteiger partial charge in [-0.1, -0.05) is 48.0 Å². The van der Waals surface area contributed by atoms with Gasteiger partial charge in [-0.15, -0.1) is 5.10 Å². The maximum Gasteiger partial charge on any atom is 0.155 e. The Bertz CT molecular complexity index is 779. The molecule has 3 aromatic rings. The molecule has 1 atom stereocenters. The van der Waals surface area contributed by atoms with Gasteiger partial charge in [0.1, 0.15) is 0 Å². The summed E-state index contributed by atoms with van der Waals surface area (Å²) in [5.41, 5.74) is 3.84. The summed E-state index contributed by atoms with van der Waals surface area (Å²) in [6.07, 6.45) is 0.771. The van der Waals surface area contributed by atoms with Crippen LogP contribution in [-0.2, 0) is 13.0 Å². The van der Waals surface area contributed by atoms with Crippen LogP contribution >= 0.6 is 11.6 Å². The Morgan fingerprint density at radius 3 is 2.71 bits per heavy atom. The molecule has 4 rings (SSSR count). The predicted octanol–water partition coefficient (Wildman–Crippen LogP) is 3.06. The van der Waals surface area contributed by atoms with E-state index >= 15 is 0 Å². The third kappa shape index (κ3) is 2.21. The molecule has 2 aromatic carbocycles. The van der Waals surface area contributed by atoms with Crippen LogP contribution in [0, 0.1) is 0 Å². The maximum atomic E-state index is 6.01. The van der Waals surface area contributed by atoms with Crippen LogP contribution in [0.5, 0.6) is 0 Å². The number of rotatable bonds is 1. The Morgan fingerprint density at radius 2 is 1.86 bits per heavy atom. The molecule has 0 saturated carbocycles. The molecule has 5 heteroatoms. The Labute approximate surface area is 127 Å². The molecule has 0 spiro atoms. The fraction of sp³-hybridized carbons (Fsp3) is 0.188. The second-order valence-electron chi connectivity index (χ2n) is 5.26. The summed E-state index contributed by atoms with van der Waals surface area (Å²) in [6, 6.07) is 16.5. The van der Waals surface area contributed by atoms with Crippen LogP contribution in [0.1, 0.15) is 28.4 Å². The third-order valence-electron chi connectivity index (χ3n) is 4.01. The molecule has 0 bridgehead atoms. The van der Waals surface area contributed by atoms with Crippen LogP contribution in [0.15, 0.2) is 48.5 Å². The van der Waals surface area contributed by atoms with Gasteiger partial charge >= 0.3 is 0 Å². The molecular formula is C16H13ClN4. The summed E-state index contributed by atoms with van der Waals surface area (Å²) in [7, 11) is 0. The molecule has 2 heterocycles. The summed E-state index contributed by atoms with van der Waals surface area (Å²) < 4.78 is 1.90. The first-order valence-electron chi connectivity index (χ1n) is 6.89. The van der Waals surface area contributed by atoms with Crippen LogP contribution in [0.25, 0.3) is 0 Å². The number of hydrogen-bond donors (Lipinski definition) is 0. The first-order valence-corrected chi connectivity index (χ1v) is 7.27. The van der Waals surface area contributed by atoms with Gasteiger partial charge in [0, 0.05) is 17.4 Å². The lowest BCUT2D eigenvalue weighted by molar-refractivity contribution is 0.540. The number of fused-ring (bicyclic) bond motifs is 2. The zero-order valence-electron chi connectivity index (χ0n) is 11.3. The van der Waals surface area contributed by atoms with Crippen molar-refractivity contribution in [2.24, 2.45) is 0 Å². The van der Waals surface area contributed by atoms with Crippen LogP contribution in [0.2, 0.25) is 5.02 Å². The average Bonchev–Trinajstić information content (AvgIpc) is 2.88. The summed E-state index contributed by atoms with van der Waals surface area (Å²) >= 11 is 6.01. The van der Waals surface area contributed by atoms with E-state index in [0.717, 1.165) is 23.8 Å². The number of hydrogen-bond acceptors (Lipinski definition) is 3. The van der Waals surface area contributed by atoms with Gasteiger partial charge in [-0.2, -0.15) is 0 Å².